The van der Waals surface area contributed by atoms with Crippen LogP contribution in [0.25, 0.3) is 0 Å². The number of hydrogen-bond donors (Lipinski definition) is 2. The van der Waals surface area contributed by atoms with Crippen molar-refractivity contribution in [1.29, 1.82) is 10.5 Å². The molecule has 3 aromatic carbocycles. The summed E-state index contributed by atoms with van der Waals surface area (Å²) < 4.78 is 29.6. The zero-order chi connectivity index (χ0) is 23.6. The van der Waals surface area contributed by atoms with Crippen LogP contribution in [0.15, 0.2) is 71.6 Å². The van der Waals surface area contributed by atoms with Gasteiger partial charge in [-0.25, -0.2) is 0 Å². The van der Waals surface area contributed by atoms with Gasteiger partial charge in [-0.3, -0.25) is 4.55 Å². The monoisotopic (exact) mass is 448 g/mol. The Morgan fingerprint density at radius 3 is 1.97 bits per heavy atom. The molecular weight excluding hydrogens is 424 g/mol. The lowest BCUT2D eigenvalue weighted by atomic mass is 9.97. The third kappa shape index (κ3) is 7.64. The number of aliphatic hydroxyl groups excluding tert-OH is 1. The first-order chi connectivity index (χ1) is 15.3. The summed E-state index contributed by atoms with van der Waals surface area (Å²) in [6, 6.07) is 23.5. The van der Waals surface area contributed by atoms with E-state index >= 15 is 0 Å². The van der Waals surface area contributed by atoms with Crippen LogP contribution in [0.4, 0.5) is 0 Å². The minimum Gasteiger partial charge on any atom is -0.396 e. The van der Waals surface area contributed by atoms with E-state index in [4.69, 9.17) is 20.2 Å². The fourth-order valence-electron chi connectivity index (χ4n) is 2.98. The Bertz CT molecular complexity index is 1220. The number of aryl methyl sites for hydroxylation is 3. The number of benzene rings is 3. The van der Waals surface area contributed by atoms with Crippen LogP contribution in [0, 0.1) is 29.6 Å². The third-order valence-corrected chi connectivity index (χ3v) is 5.64. The molecule has 0 aliphatic rings. The topological polar surface area (TPSA) is 122 Å². The molecule has 0 heterocycles. The molecule has 0 amide bonds. The second-order valence-electron chi connectivity index (χ2n) is 7.17. The van der Waals surface area contributed by atoms with Crippen molar-refractivity contribution in [3.8, 4) is 12.1 Å². The number of nitrogens with zero attached hydrogens (tertiary/aromatic N) is 2. The minimum absolute atomic E-state index is 0.0666. The van der Waals surface area contributed by atoms with E-state index in [9.17, 15) is 8.42 Å². The average Bonchev–Trinajstić information content (AvgIpc) is 2.78. The molecule has 0 aliphatic heterocycles. The lowest BCUT2D eigenvalue weighted by Crippen LogP contribution is -1.98. The van der Waals surface area contributed by atoms with Crippen LogP contribution >= 0.6 is 0 Å². The molecule has 6 nitrogen and oxygen atoms in total. The van der Waals surface area contributed by atoms with E-state index in [-0.39, 0.29) is 11.5 Å². The quantitative estimate of drug-likeness (QED) is 0.550. The Morgan fingerprint density at radius 1 is 0.812 bits per heavy atom. The van der Waals surface area contributed by atoms with Crippen LogP contribution < -0.4 is 0 Å². The Morgan fingerprint density at radius 2 is 1.44 bits per heavy atom. The molecule has 0 bridgehead atoms. The molecule has 2 N–H and O–H groups in total. The maximum absolute atomic E-state index is 10.5. The molecule has 0 radical (unpaired) electrons. The Kier molecular flexibility index (Phi) is 9.12. The molecule has 0 atom stereocenters. The maximum atomic E-state index is 10.5. The molecular formula is C25H24N2O4S. The molecule has 3 rings (SSSR count). The van der Waals surface area contributed by atoms with Crippen molar-refractivity contribution < 1.29 is 18.1 Å². The smallest absolute Gasteiger partial charge is 0.294 e. The predicted molar refractivity (Wildman–Crippen MR) is 122 cm³/mol. The van der Waals surface area contributed by atoms with Crippen LogP contribution in [0.1, 0.15) is 33.4 Å². The summed E-state index contributed by atoms with van der Waals surface area (Å²) in [5.41, 5.74) is 5.49. The van der Waals surface area contributed by atoms with E-state index in [1.807, 2.05) is 49.4 Å². The number of aliphatic hydroxyl groups is 1. The minimum atomic E-state index is -4.02. The van der Waals surface area contributed by atoms with Gasteiger partial charge in [0.05, 0.1) is 28.2 Å². The van der Waals surface area contributed by atoms with Gasteiger partial charge in [0.2, 0.25) is 0 Å². The van der Waals surface area contributed by atoms with Crippen molar-refractivity contribution in [2.24, 2.45) is 0 Å². The standard InChI is InChI=1S/C18H16N2O.C7H8O3S/c19-12-16-3-1-14(2-4-16)5-7-17-11-15(9-10-21)6-8-18(17)13-20;1-6-2-4-7(5-3-6)11(8,9)10/h1-4,6,8,11,21H,5,7,9-10H2;2-5H,1H3,(H,8,9,10). The van der Waals surface area contributed by atoms with Crippen LogP contribution in [0.5, 0.6) is 0 Å². The molecule has 0 fully saturated rings. The highest BCUT2D eigenvalue weighted by Crippen LogP contribution is 2.15. The highest BCUT2D eigenvalue weighted by molar-refractivity contribution is 7.85. The zero-order valence-electron chi connectivity index (χ0n) is 17.7. The average molecular weight is 449 g/mol. The van der Waals surface area contributed by atoms with Crippen molar-refractivity contribution >= 4 is 10.1 Å². The number of nitriles is 2. The lowest BCUT2D eigenvalue weighted by Gasteiger charge is -2.07. The first-order valence-corrected chi connectivity index (χ1v) is 11.4. The second-order valence-corrected chi connectivity index (χ2v) is 8.60. The molecule has 0 aromatic heterocycles. The van der Waals surface area contributed by atoms with Gasteiger partial charge in [0.15, 0.2) is 0 Å². The fourth-order valence-corrected chi connectivity index (χ4v) is 3.46. The van der Waals surface area contributed by atoms with Crippen molar-refractivity contribution in [2.75, 3.05) is 6.61 Å². The Hall–Kier alpha value is -3.49. The fraction of sp³-hybridized carbons (Fsp3) is 0.200. The van der Waals surface area contributed by atoms with Crippen LogP contribution in [-0.2, 0) is 29.4 Å². The van der Waals surface area contributed by atoms with Crippen LogP contribution in [0.3, 0.4) is 0 Å². The third-order valence-electron chi connectivity index (χ3n) is 4.78. The molecule has 0 spiro atoms. The number of hydrogen-bond acceptors (Lipinski definition) is 5. The van der Waals surface area contributed by atoms with Gasteiger partial charge < -0.3 is 5.11 Å². The van der Waals surface area contributed by atoms with E-state index in [1.165, 1.54) is 12.1 Å². The van der Waals surface area contributed by atoms with E-state index in [2.05, 4.69) is 12.1 Å². The Labute approximate surface area is 188 Å². The van der Waals surface area contributed by atoms with E-state index in [0.29, 0.717) is 17.5 Å². The van der Waals surface area contributed by atoms with Gasteiger partial charge in [-0.2, -0.15) is 18.9 Å². The van der Waals surface area contributed by atoms with Gasteiger partial charge in [-0.05, 0) is 73.2 Å². The molecule has 0 saturated heterocycles. The molecule has 0 aliphatic carbocycles. The Balaban J connectivity index is 0.000000278. The maximum Gasteiger partial charge on any atom is 0.294 e. The van der Waals surface area contributed by atoms with Gasteiger partial charge in [-0.1, -0.05) is 42.0 Å². The highest BCUT2D eigenvalue weighted by atomic mass is 32.2. The summed E-state index contributed by atoms with van der Waals surface area (Å²) in [6.07, 6.45) is 2.20. The van der Waals surface area contributed by atoms with Gasteiger partial charge in [0.1, 0.15) is 0 Å². The number of rotatable bonds is 6. The van der Waals surface area contributed by atoms with Gasteiger partial charge >= 0.3 is 0 Å². The summed E-state index contributed by atoms with van der Waals surface area (Å²) in [6.45, 7) is 1.95. The molecule has 3 aromatic rings. The van der Waals surface area contributed by atoms with Crippen LogP contribution in [-0.4, -0.2) is 24.7 Å². The van der Waals surface area contributed by atoms with Crippen molar-refractivity contribution in [1.82, 2.24) is 0 Å². The lowest BCUT2D eigenvalue weighted by molar-refractivity contribution is 0.299. The summed E-state index contributed by atoms with van der Waals surface area (Å²) in [5.74, 6) is 0. The predicted octanol–water partition coefficient (Wildman–Crippen LogP) is 3.99. The van der Waals surface area contributed by atoms with E-state index in [1.54, 1.807) is 12.1 Å². The van der Waals surface area contributed by atoms with E-state index < -0.39 is 10.1 Å². The van der Waals surface area contributed by atoms with Gasteiger partial charge in [-0.15, -0.1) is 0 Å². The summed E-state index contributed by atoms with van der Waals surface area (Å²) >= 11 is 0. The normalized spacial score (nSPS) is 10.4. The van der Waals surface area contributed by atoms with Crippen LogP contribution in [0.2, 0.25) is 0 Å². The first kappa shape index (κ1) is 24.8. The second kappa shape index (κ2) is 11.8. The SMILES string of the molecule is Cc1ccc(S(=O)(=O)O)cc1.N#Cc1ccc(CCc2cc(CCO)ccc2C#N)cc1. The zero-order valence-corrected chi connectivity index (χ0v) is 18.5. The van der Waals surface area contributed by atoms with Gasteiger partial charge in [0.25, 0.3) is 10.1 Å². The molecule has 164 valence electrons. The van der Waals surface area contributed by atoms with Crippen molar-refractivity contribution in [2.45, 2.75) is 31.1 Å². The highest BCUT2D eigenvalue weighted by Gasteiger charge is 2.07. The summed E-state index contributed by atoms with van der Waals surface area (Å²) in [7, 11) is -4.02. The van der Waals surface area contributed by atoms with Crippen molar-refractivity contribution in [3.63, 3.8) is 0 Å². The molecule has 7 heteroatoms. The molecule has 0 saturated carbocycles. The molecule has 32 heavy (non-hydrogen) atoms. The first-order valence-electron chi connectivity index (χ1n) is 9.92. The van der Waals surface area contributed by atoms with Crippen molar-refractivity contribution in [3.05, 3.63) is 100 Å². The largest absolute Gasteiger partial charge is 0.396 e. The van der Waals surface area contributed by atoms with E-state index in [0.717, 1.165) is 35.1 Å². The summed E-state index contributed by atoms with van der Waals surface area (Å²) in [5, 5.41) is 27.0. The molecule has 0 unspecified atom stereocenters. The van der Waals surface area contributed by atoms with Gasteiger partial charge in [0, 0.05) is 6.61 Å². The summed E-state index contributed by atoms with van der Waals surface area (Å²) in [4.78, 5) is -0.0666.